The summed E-state index contributed by atoms with van der Waals surface area (Å²) in [6.45, 7) is 7.60. The van der Waals surface area contributed by atoms with Gasteiger partial charge in [0.1, 0.15) is 11.5 Å². The lowest BCUT2D eigenvalue weighted by Crippen LogP contribution is -2.26. The fraction of sp³-hybridized carbons (Fsp3) is 0.435. The van der Waals surface area contributed by atoms with Crippen LogP contribution in [0.15, 0.2) is 53.5 Å². The Bertz CT molecular complexity index is 758. The fourth-order valence-corrected chi connectivity index (χ4v) is 3.25. The number of rotatable bonds is 10. The van der Waals surface area contributed by atoms with Gasteiger partial charge in [-0.3, -0.25) is 4.99 Å². The molecule has 2 aromatic rings. The van der Waals surface area contributed by atoms with E-state index in [2.05, 4.69) is 54.5 Å². The second-order valence-electron chi connectivity index (χ2n) is 7.17. The van der Waals surface area contributed by atoms with E-state index in [1.165, 1.54) is 11.1 Å². The molecule has 1 heterocycles. The molecule has 0 radical (unpaired) electrons. The lowest BCUT2D eigenvalue weighted by atomic mass is 10.00. The van der Waals surface area contributed by atoms with E-state index in [-0.39, 0.29) is 0 Å². The Balaban J connectivity index is 1.36. The van der Waals surface area contributed by atoms with Crippen molar-refractivity contribution in [3.8, 4) is 11.5 Å². The normalized spacial score (nSPS) is 14.4. The van der Waals surface area contributed by atoms with Gasteiger partial charge in [-0.1, -0.05) is 31.2 Å². The average Bonchev–Trinajstić information content (AvgIpc) is 3.20. The van der Waals surface area contributed by atoms with Crippen molar-refractivity contribution >= 4 is 5.84 Å². The molecule has 0 aromatic heterocycles. The summed E-state index contributed by atoms with van der Waals surface area (Å²) >= 11 is 0. The largest absolute Gasteiger partial charge is 0.494 e. The van der Waals surface area contributed by atoms with Crippen LogP contribution in [0, 0.1) is 12.8 Å². The van der Waals surface area contributed by atoms with Gasteiger partial charge in [-0.2, -0.15) is 0 Å². The Morgan fingerprint density at radius 1 is 1.00 bits per heavy atom. The number of aliphatic imine (C=N–C) groups is 1. The van der Waals surface area contributed by atoms with Crippen LogP contribution in [0.4, 0.5) is 0 Å². The number of hydrogen-bond acceptors (Lipinski definition) is 4. The van der Waals surface area contributed by atoms with E-state index in [9.17, 15) is 0 Å². The quantitative estimate of drug-likeness (QED) is 0.633. The lowest BCUT2D eigenvalue weighted by Gasteiger charge is -2.13. The molecule has 0 saturated carbocycles. The van der Waals surface area contributed by atoms with Gasteiger partial charge in [-0.25, -0.2) is 0 Å². The molecule has 1 aliphatic rings. The summed E-state index contributed by atoms with van der Waals surface area (Å²) in [5.74, 6) is 3.44. The van der Waals surface area contributed by atoms with Crippen molar-refractivity contribution < 1.29 is 9.47 Å². The third-order valence-electron chi connectivity index (χ3n) is 4.67. The number of hydrogen-bond donors (Lipinski definition) is 1. The standard InChI is InChI=1S/C23H30N2O2/c1-18-7-5-9-21(15-18)26-13-3-4-14-27-22-10-6-8-20(17-22)16-19(2)23-24-11-12-25-23/h5-10,15,17,19H,3-4,11-14,16H2,1-2H3,(H,24,25). The number of ether oxygens (including phenoxy) is 2. The van der Waals surface area contributed by atoms with Crippen LogP contribution in [-0.4, -0.2) is 32.1 Å². The summed E-state index contributed by atoms with van der Waals surface area (Å²) in [5.41, 5.74) is 2.51. The summed E-state index contributed by atoms with van der Waals surface area (Å²) in [6, 6.07) is 16.6. The van der Waals surface area contributed by atoms with Crippen LogP contribution in [0.3, 0.4) is 0 Å². The van der Waals surface area contributed by atoms with Crippen molar-refractivity contribution in [1.82, 2.24) is 5.32 Å². The van der Waals surface area contributed by atoms with Gasteiger partial charge < -0.3 is 14.8 Å². The van der Waals surface area contributed by atoms with E-state index in [1.54, 1.807) is 0 Å². The Labute approximate surface area is 162 Å². The zero-order valence-corrected chi connectivity index (χ0v) is 16.4. The van der Waals surface area contributed by atoms with Gasteiger partial charge in [0.15, 0.2) is 0 Å². The van der Waals surface area contributed by atoms with Gasteiger partial charge in [-0.05, 0) is 61.6 Å². The molecule has 0 spiro atoms. The van der Waals surface area contributed by atoms with Crippen molar-refractivity contribution in [2.24, 2.45) is 10.9 Å². The Morgan fingerprint density at radius 2 is 1.70 bits per heavy atom. The van der Waals surface area contributed by atoms with Crippen molar-refractivity contribution in [3.05, 3.63) is 59.7 Å². The third-order valence-corrected chi connectivity index (χ3v) is 4.67. The SMILES string of the molecule is Cc1cccc(OCCCCOc2cccc(CC(C)C3=NCCN3)c2)c1. The molecule has 4 nitrogen and oxygen atoms in total. The summed E-state index contributed by atoms with van der Waals surface area (Å²) < 4.78 is 11.7. The van der Waals surface area contributed by atoms with Crippen LogP contribution in [0.2, 0.25) is 0 Å². The molecular weight excluding hydrogens is 336 g/mol. The number of aryl methyl sites for hydroxylation is 1. The number of nitrogens with zero attached hydrogens (tertiary/aromatic N) is 1. The maximum Gasteiger partial charge on any atom is 0.119 e. The first-order valence-corrected chi connectivity index (χ1v) is 9.90. The van der Waals surface area contributed by atoms with E-state index >= 15 is 0 Å². The summed E-state index contributed by atoms with van der Waals surface area (Å²) in [7, 11) is 0. The molecule has 0 fully saturated rings. The minimum absolute atomic E-state index is 0.418. The number of amidine groups is 1. The summed E-state index contributed by atoms with van der Waals surface area (Å²) in [4.78, 5) is 4.52. The Hall–Kier alpha value is -2.49. The Morgan fingerprint density at radius 3 is 2.37 bits per heavy atom. The van der Waals surface area contributed by atoms with Crippen LogP contribution in [0.1, 0.15) is 30.9 Å². The monoisotopic (exact) mass is 366 g/mol. The number of unbranched alkanes of at least 4 members (excludes halogenated alkanes) is 1. The molecule has 144 valence electrons. The van der Waals surface area contributed by atoms with Gasteiger partial charge in [-0.15, -0.1) is 0 Å². The van der Waals surface area contributed by atoms with Gasteiger partial charge in [0.05, 0.1) is 25.6 Å². The van der Waals surface area contributed by atoms with E-state index < -0.39 is 0 Å². The molecule has 0 bridgehead atoms. The highest BCUT2D eigenvalue weighted by molar-refractivity contribution is 5.85. The second kappa shape index (κ2) is 10.0. The maximum absolute atomic E-state index is 5.92. The highest BCUT2D eigenvalue weighted by atomic mass is 16.5. The number of benzene rings is 2. The molecule has 3 rings (SSSR count). The molecular formula is C23H30N2O2. The Kier molecular flexibility index (Phi) is 7.14. The van der Waals surface area contributed by atoms with Crippen molar-refractivity contribution in [2.45, 2.75) is 33.1 Å². The molecule has 2 aromatic carbocycles. The maximum atomic E-state index is 5.92. The van der Waals surface area contributed by atoms with Crippen LogP contribution in [0.25, 0.3) is 0 Å². The zero-order chi connectivity index (χ0) is 18.9. The minimum atomic E-state index is 0.418. The zero-order valence-electron chi connectivity index (χ0n) is 16.4. The molecule has 27 heavy (non-hydrogen) atoms. The van der Waals surface area contributed by atoms with Crippen molar-refractivity contribution in [2.75, 3.05) is 26.3 Å². The van der Waals surface area contributed by atoms with E-state index in [0.29, 0.717) is 12.5 Å². The van der Waals surface area contributed by atoms with E-state index in [1.807, 2.05) is 18.2 Å². The van der Waals surface area contributed by atoms with Crippen LogP contribution < -0.4 is 14.8 Å². The van der Waals surface area contributed by atoms with E-state index in [4.69, 9.17) is 9.47 Å². The van der Waals surface area contributed by atoms with Gasteiger partial charge in [0, 0.05) is 12.5 Å². The van der Waals surface area contributed by atoms with E-state index in [0.717, 1.165) is 56.3 Å². The van der Waals surface area contributed by atoms with Crippen LogP contribution >= 0.6 is 0 Å². The summed E-state index contributed by atoms with van der Waals surface area (Å²) in [6.07, 6.45) is 2.94. The molecule has 1 N–H and O–H groups in total. The first-order chi connectivity index (χ1) is 13.2. The van der Waals surface area contributed by atoms with Crippen LogP contribution in [0.5, 0.6) is 11.5 Å². The third kappa shape index (κ3) is 6.31. The predicted molar refractivity (Wildman–Crippen MR) is 111 cm³/mol. The molecule has 0 amide bonds. The van der Waals surface area contributed by atoms with Gasteiger partial charge in [0.2, 0.25) is 0 Å². The molecule has 4 heteroatoms. The highest BCUT2D eigenvalue weighted by Gasteiger charge is 2.14. The smallest absolute Gasteiger partial charge is 0.119 e. The molecule has 1 atom stereocenters. The minimum Gasteiger partial charge on any atom is -0.494 e. The van der Waals surface area contributed by atoms with Crippen molar-refractivity contribution in [1.29, 1.82) is 0 Å². The van der Waals surface area contributed by atoms with Crippen molar-refractivity contribution in [3.63, 3.8) is 0 Å². The first kappa shape index (κ1) is 19.3. The predicted octanol–water partition coefficient (Wildman–Crippen LogP) is 4.41. The number of nitrogens with one attached hydrogen (secondary N) is 1. The molecule has 1 aliphatic heterocycles. The molecule has 1 unspecified atom stereocenters. The van der Waals surface area contributed by atoms with Crippen LogP contribution in [-0.2, 0) is 6.42 Å². The molecule has 0 saturated heterocycles. The fourth-order valence-electron chi connectivity index (χ4n) is 3.25. The topological polar surface area (TPSA) is 42.9 Å². The first-order valence-electron chi connectivity index (χ1n) is 9.90. The average molecular weight is 367 g/mol. The van der Waals surface area contributed by atoms with Gasteiger partial charge >= 0.3 is 0 Å². The molecule has 0 aliphatic carbocycles. The van der Waals surface area contributed by atoms with Gasteiger partial charge in [0.25, 0.3) is 0 Å². The second-order valence-corrected chi connectivity index (χ2v) is 7.17. The summed E-state index contributed by atoms with van der Waals surface area (Å²) in [5, 5.41) is 3.37. The highest BCUT2D eigenvalue weighted by Crippen LogP contribution is 2.18. The lowest BCUT2D eigenvalue weighted by molar-refractivity contribution is 0.266.